The first-order valence-electron chi connectivity index (χ1n) is 6.41. The normalized spacial score (nSPS) is 10.8. The number of aromatic nitrogens is 4. The summed E-state index contributed by atoms with van der Waals surface area (Å²) in [6.07, 6.45) is 3.25. The average Bonchev–Trinajstić information content (AvgIpc) is 2.78. The van der Waals surface area contributed by atoms with Crippen molar-refractivity contribution >= 4 is 11.8 Å². The highest BCUT2D eigenvalue weighted by molar-refractivity contribution is 7.99. The van der Waals surface area contributed by atoms with Gasteiger partial charge in [-0.05, 0) is 38.1 Å². The van der Waals surface area contributed by atoms with Gasteiger partial charge >= 0.3 is 0 Å². The zero-order chi connectivity index (χ0) is 14.8. The number of hydrogen-bond acceptors (Lipinski definition) is 4. The Morgan fingerprint density at radius 2 is 1.90 bits per heavy atom. The quantitative estimate of drug-likeness (QED) is 0.741. The van der Waals surface area contributed by atoms with Crippen LogP contribution in [0.15, 0.2) is 52.6 Å². The predicted molar refractivity (Wildman–Crippen MR) is 79.2 cm³/mol. The first-order valence-corrected chi connectivity index (χ1v) is 7.23. The second kappa shape index (κ2) is 5.65. The molecule has 3 aromatic rings. The van der Waals surface area contributed by atoms with Crippen molar-refractivity contribution in [2.45, 2.75) is 23.8 Å². The second-order valence-electron chi connectivity index (χ2n) is 4.58. The summed E-state index contributed by atoms with van der Waals surface area (Å²) in [6.45, 7) is 3.89. The minimum Gasteiger partial charge on any atom is -0.244 e. The summed E-state index contributed by atoms with van der Waals surface area (Å²) >= 11 is 1.37. The van der Waals surface area contributed by atoms with Crippen LogP contribution in [0.3, 0.4) is 0 Å². The van der Waals surface area contributed by atoms with E-state index in [0.29, 0.717) is 10.8 Å². The fraction of sp³-hybridized carbons (Fsp3) is 0.133. The van der Waals surface area contributed by atoms with Crippen molar-refractivity contribution < 1.29 is 4.39 Å². The van der Waals surface area contributed by atoms with Gasteiger partial charge in [-0.2, -0.15) is 5.10 Å². The van der Waals surface area contributed by atoms with Gasteiger partial charge in [0.05, 0.1) is 5.69 Å². The first kappa shape index (κ1) is 13.8. The molecular formula is C15H13FN4S. The Bertz CT molecular complexity index is 785. The van der Waals surface area contributed by atoms with Crippen molar-refractivity contribution in [2.75, 3.05) is 0 Å². The molecular weight excluding hydrogens is 287 g/mol. The molecule has 0 N–H and O–H groups in total. The lowest BCUT2D eigenvalue weighted by atomic mass is 10.4. The van der Waals surface area contributed by atoms with E-state index < -0.39 is 0 Å². The molecule has 0 radical (unpaired) electrons. The molecule has 21 heavy (non-hydrogen) atoms. The van der Waals surface area contributed by atoms with E-state index in [1.165, 1.54) is 23.9 Å². The molecule has 2 heterocycles. The number of nitrogens with zero attached hydrogens (tertiary/aromatic N) is 4. The summed E-state index contributed by atoms with van der Waals surface area (Å²) in [7, 11) is 0. The number of aryl methyl sites for hydroxylation is 2. The lowest BCUT2D eigenvalue weighted by Crippen LogP contribution is -2.04. The van der Waals surface area contributed by atoms with E-state index >= 15 is 0 Å². The predicted octanol–water partition coefficient (Wildman–Crippen LogP) is 3.57. The molecule has 0 spiro atoms. The second-order valence-corrected chi connectivity index (χ2v) is 5.65. The Labute approximate surface area is 126 Å². The maximum atomic E-state index is 13.3. The summed E-state index contributed by atoms with van der Waals surface area (Å²) in [6, 6.07) is 8.39. The van der Waals surface area contributed by atoms with Crippen LogP contribution in [0.1, 0.15) is 11.4 Å². The van der Waals surface area contributed by atoms with Gasteiger partial charge in [0.2, 0.25) is 0 Å². The van der Waals surface area contributed by atoms with E-state index in [1.807, 2.05) is 26.0 Å². The largest absolute Gasteiger partial charge is 0.244 e. The molecule has 0 atom stereocenters. The Balaban J connectivity index is 2.02. The Hall–Kier alpha value is -2.21. The molecule has 0 bridgehead atoms. The van der Waals surface area contributed by atoms with E-state index in [4.69, 9.17) is 0 Å². The number of rotatable bonds is 3. The van der Waals surface area contributed by atoms with Crippen LogP contribution in [0.25, 0.3) is 5.82 Å². The third-order valence-electron chi connectivity index (χ3n) is 2.87. The fourth-order valence-electron chi connectivity index (χ4n) is 2.02. The Morgan fingerprint density at radius 3 is 2.62 bits per heavy atom. The highest BCUT2D eigenvalue weighted by atomic mass is 32.2. The van der Waals surface area contributed by atoms with Gasteiger partial charge in [-0.3, -0.25) is 0 Å². The summed E-state index contributed by atoms with van der Waals surface area (Å²) in [4.78, 5) is 9.49. The lowest BCUT2D eigenvalue weighted by molar-refractivity contribution is 0.624. The molecule has 0 aliphatic heterocycles. The van der Waals surface area contributed by atoms with Crippen LogP contribution in [0.4, 0.5) is 4.39 Å². The van der Waals surface area contributed by atoms with Gasteiger partial charge in [-0.15, -0.1) is 0 Å². The maximum absolute atomic E-state index is 13.3. The van der Waals surface area contributed by atoms with Crippen molar-refractivity contribution in [3.63, 3.8) is 0 Å². The molecule has 2 aromatic heterocycles. The van der Waals surface area contributed by atoms with E-state index in [9.17, 15) is 4.39 Å². The number of hydrogen-bond donors (Lipinski definition) is 0. The van der Waals surface area contributed by atoms with Crippen molar-refractivity contribution in [2.24, 2.45) is 0 Å². The average molecular weight is 300 g/mol. The molecule has 0 fully saturated rings. The number of halogens is 1. The van der Waals surface area contributed by atoms with Crippen LogP contribution in [-0.2, 0) is 0 Å². The minimum atomic E-state index is -0.267. The molecule has 0 saturated heterocycles. The van der Waals surface area contributed by atoms with Gasteiger partial charge in [0.1, 0.15) is 10.8 Å². The van der Waals surface area contributed by atoms with Crippen LogP contribution < -0.4 is 0 Å². The number of benzene rings is 1. The molecule has 1 aromatic carbocycles. The van der Waals surface area contributed by atoms with Gasteiger partial charge in [-0.25, -0.2) is 19.0 Å². The van der Waals surface area contributed by atoms with Crippen LogP contribution in [-0.4, -0.2) is 19.7 Å². The Morgan fingerprint density at radius 1 is 1.10 bits per heavy atom. The monoisotopic (exact) mass is 300 g/mol. The molecule has 0 aliphatic rings. The highest BCUT2D eigenvalue weighted by Gasteiger charge is 2.13. The molecule has 3 rings (SSSR count). The summed E-state index contributed by atoms with van der Waals surface area (Å²) in [5.41, 5.74) is 1.90. The zero-order valence-electron chi connectivity index (χ0n) is 11.6. The fourth-order valence-corrected chi connectivity index (χ4v) is 2.91. The van der Waals surface area contributed by atoms with Crippen molar-refractivity contribution in [3.8, 4) is 5.82 Å². The third-order valence-corrected chi connectivity index (χ3v) is 3.84. The maximum Gasteiger partial charge on any atom is 0.186 e. The standard InChI is InChI=1S/C15H13FN4S/c1-10-8-11(2)20(19-10)14-15(18-7-6-17-14)21-13-5-3-4-12(16)9-13/h3-9H,1-2H3. The summed E-state index contributed by atoms with van der Waals surface area (Å²) in [5, 5.41) is 5.12. The van der Waals surface area contributed by atoms with Crippen molar-refractivity contribution in [3.05, 3.63) is 59.9 Å². The third kappa shape index (κ3) is 2.95. The van der Waals surface area contributed by atoms with Crippen LogP contribution in [0.5, 0.6) is 0 Å². The van der Waals surface area contributed by atoms with Gasteiger partial charge < -0.3 is 0 Å². The van der Waals surface area contributed by atoms with Crippen molar-refractivity contribution in [1.82, 2.24) is 19.7 Å². The zero-order valence-corrected chi connectivity index (χ0v) is 12.4. The molecule has 0 amide bonds. The topological polar surface area (TPSA) is 43.6 Å². The smallest absolute Gasteiger partial charge is 0.186 e. The molecule has 4 nitrogen and oxygen atoms in total. The van der Waals surface area contributed by atoms with E-state index in [0.717, 1.165) is 16.3 Å². The van der Waals surface area contributed by atoms with Gasteiger partial charge in [0, 0.05) is 23.0 Å². The highest BCUT2D eigenvalue weighted by Crippen LogP contribution is 2.30. The van der Waals surface area contributed by atoms with Gasteiger partial charge in [0.25, 0.3) is 0 Å². The summed E-state index contributed by atoms with van der Waals surface area (Å²) in [5.74, 6) is 0.383. The van der Waals surface area contributed by atoms with Crippen LogP contribution in [0.2, 0.25) is 0 Å². The molecule has 6 heteroatoms. The lowest BCUT2D eigenvalue weighted by Gasteiger charge is -2.08. The minimum absolute atomic E-state index is 0.267. The van der Waals surface area contributed by atoms with Crippen molar-refractivity contribution in [1.29, 1.82) is 0 Å². The first-order chi connectivity index (χ1) is 10.1. The summed E-state index contributed by atoms with van der Waals surface area (Å²) < 4.78 is 15.0. The van der Waals surface area contributed by atoms with Gasteiger partial charge in [0.15, 0.2) is 5.82 Å². The SMILES string of the molecule is Cc1cc(C)n(-c2nccnc2Sc2cccc(F)c2)n1. The van der Waals surface area contributed by atoms with Crippen LogP contribution >= 0.6 is 11.8 Å². The van der Waals surface area contributed by atoms with Crippen LogP contribution in [0, 0.1) is 19.7 Å². The van der Waals surface area contributed by atoms with E-state index in [-0.39, 0.29) is 5.82 Å². The molecule has 106 valence electrons. The van der Waals surface area contributed by atoms with Gasteiger partial charge in [-0.1, -0.05) is 17.8 Å². The molecule has 0 aliphatic carbocycles. The van der Waals surface area contributed by atoms with E-state index in [2.05, 4.69) is 15.1 Å². The molecule has 0 unspecified atom stereocenters. The van der Waals surface area contributed by atoms with E-state index in [1.54, 1.807) is 23.1 Å². The molecule has 0 saturated carbocycles. The Kier molecular flexibility index (Phi) is 3.70.